The van der Waals surface area contributed by atoms with Crippen LogP contribution in [0.4, 0.5) is 5.69 Å². The van der Waals surface area contributed by atoms with E-state index in [1.165, 1.54) is 25.7 Å². The van der Waals surface area contributed by atoms with Gasteiger partial charge in [-0.25, -0.2) is 0 Å². The molecule has 2 fully saturated rings. The highest BCUT2D eigenvalue weighted by Gasteiger charge is 2.41. The van der Waals surface area contributed by atoms with Gasteiger partial charge in [-0.1, -0.05) is 13.3 Å². The minimum absolute atomic E-state index is 0.0333. The van der Waals surface area contributed by atoms with E-state index < -0.39 is 0 Å². The standard InChI is InChI=1S/C15H23N3O/c1-2-5-15(6-7-15)10-17-14(19)13-8-11(16)9-18(13)12-3-4-12/h8-9,12H,2-7,10,16H2,1H3,(H,17,19). The second-order valence-corrected chi connectivity index (χ2v) is 6.23. The predicted molar refractivity (Wildman–Crippen MR) is 76.0 cm³/mol. The van der Waals surface area contributed by atoms with Crippen molar-refractivity contribution in [1.29, 1.82) is 0 Å². The normalized spacial score (nSPS) is 20.3. The fourth-order valence-corrected chi connectivity index (χ4v) is 2.92. The van der Waals surface area contributed by atoms with E-state index in [-0.39, 0.29) is 5.91 Å². The van der Waals surface area contributed by atoms with Gasteiger partial charge in [0.25, 0.3) is 5.91 Å². The van der Waals surface area contributed by atoms with Gasteiger partial charge in [0.15, 0.2) is 0 Å². The minimum atomic E-state index is 0.0333. The van der Waals surface area contributed by atoms with Crippen LogP contribution in [0, 0.1) is 5.41 Å². The molecule has 3 N–H and O–H groups in total. The number of amides is 1. The number of nitrogens with two attached hydrogens (primary N) is 1. The van der Waals surface area contributed by atoms with Crippen molar-refractivity contribution < 1.29 is 4.79 Å². The van der Waals surface area contributed by atoms with E-state index in [0.717, 1.165) is 25.1 Å². The number of hydrogen-bond donors (Lipinski definition) is 2. The fourth-order valence-electron chi connectivity index (χ4n) is 2.92. The van der Waals surface area contributed by atoms with E-state index in [2.05, 4.69) is 12.2 Å². The molecule has 0 saturated heterocycles. The molecule has 3 rings (SSSR count). The second kappa shape index (κ2) is 4.58. The van der Waals surface area contributed by atoms with E-state index in [9.17, 15) is 4.79 Å². The zero-order chi connectivity index (χ0) is 13.5. The highest BCUT2D eigenvalue weighted by Crippen LogP contribution is 2.49. The third kappa shape index (κ3) is 2.62. The first-order valence-corrected chi connectivity index (χ1v) is 7.39. The Morgan fingerprint density at radius 1 is 1.53 bits per heavy atom. The predicted octanol–water partition coefficient (Wildman–Crippen LogP) is 2.72. The number of carbonyl (C=O) groups is 1. The summed E-state index contributed by atoms with van der Waals surface area (Å²) in [5.74, 6) is 0.0333. The van der Waals surface area contributed by atoms with Crippen LogP contribution in [0.3, 0.4) is 0 Å². The van der Waals surface area contributed by atoms with Crippen molar-refractivity contribution in [3.05, 3.63) is 18.0 Å². The lowest BCUT2D eigenvalue weighted by molar-refractivity contribution is 0.0934. The Morgan fingerprint density at radius 3 is 2.84 bits per heavy atom. The van der Waals surface area contributed by atoms with Gasteiger partial charge in [0, 0.05) is 18.8 Å². The quantitative estimate of drug-likeness (QED) is 0.827. The molecule has 0 aromatic carbocycles. The average Bonchev–Trinajstić information content (AvgIpc) is 3.28. The van der Waals surface area contributed by atoms with Gasteiger partial charge in [0.1, 0.15) is 5.69 Å². The Kier molecular flexibility index (Phi) is 3.03. The van der Waals surface area contributed by atoms with Crippen molar-refractivity contribution in [1.82, 2.24) is 9.88 Å². The van der Waals surface area contributed by atoms with Gasteiger partial charge in [0.05, 0.1) is 5.69 Å². The summed E-state index contributed by atoms with van der Waals surface area (Å²) in [6.45, 7) is 3.02. The van der Waals surface area contributed by atoms with Gasteiger partial charge >= 0.3 is 0 Å². The molecule has 0 atom stereocenters. The Bertz CT molecular complexity index is 484. The number of nitrogens with one attached hydrogen (secondary N) is 1. The molecule has 1 amide bonds. The number of hydrogen-bond acceptors (Lipinski definition) is 2. The molecule has 0 aliphatic heterocycles. The number of nitrogen functional groups attached to an aromatic ring is 1. The molecule has 104 valence electrons. The maximum absolute atomic E-state index is 12.3. The van der Waals surface area contributed by atoms with E-state index in [0.29, 0.717) is 17.1 Å². The highest BCUT2D eigenvalue weighted by molar-refractivity contribution is 5.94. The van der Waals surface area contributed by atoms with Crippen LogP contribution in [0.1, 0.15) is 62.0 Å². The van der Waals surface area contributed by atoms with E-state index >= 15 is 0 Å². The van der Waals surface area contributed by atoms with Crippen molar-refractivity contribution in [2.75, 3.05) is 12.3 Å². The molecule has 4 heteroatoms. The zero-order valence-corrected chi connectivity index (χ0v) is 11.6. The molecule has 0 radical (unpaired) electrons. The molecular formula is C15H23N3O. The number of nitrogens with zero attached hydrogens (tertiary/aromatic N) is 1. The Balaban J connectivity index is 1.64. The SMILES string of the molecule is CCCC1(CNC(=O)c2cc(N)cn2C2CC2)CC1. The van der Waals surface area contributed by atoms with E-state index in [1.807, 2.05) is 10.8 Å². The summed E-state index contributed by atoms with van der Waals surface area (Å²) >= 11 is 0. The first-order valence-electron chi connectivity index (χ1n) is 7.39. The highest BCUT2D eigenvalue weighted by atomic mass is 16.1. The molecule has 4 nitrogen and oxygen atoms in total. The lowest BCUT2D eigenvalue weighted by atomic mass is 10.0. The van der Waals surface area contributed by atoms with Crippen molar-refractivity contribution in [3.8, 4) is 0 Å². The third-order valence-corrected chi connectivity index (χ3v) is 4.40. The summed E-state index contributed by atoms with van der Waals surface area (Å²) < 4.78 is 2.05. The van der Waals surface area contributed by atoms with Crippen molar-refractivity contribution in [2.24, 2.45) is 5.41 Å². The van der Waals surface area contributed by atoms with Gasteiger partial charge in [0.2, 0.25) is 0 Å². The van der Waals surface area contributed by atoms with Crippen LogP contribution >= 0.6 is 0 Å². The summed E-state index contributed by atoms with van der Waals surface area (Å²) in [6, 6.07) is 2.29. The number of carbonyl (C=O) groups excluding carboxylic acids is 1. The van der Waals surface area contributed by atoms with Crippen molar-refractivity contribution >= 4 is 11.6 Å². The van der Waals surface area contributed by atoms with Crippen LogP contribution in [-0.2, 0) is 0 Å². The summed E-state index contributed by atoms with van der Waals surface area (Å²) in [4.78, 5) is 12.3. The molecule has 1 aromatic rings. The topological polar surface area (TPSA) is 60.1 Å². The summed E-state index contributed by atoms with van der Waals surface area (Å²) in [5.41, 5.74) is 7.64. The molecule has 0 spiro atoms. The smallest absolute Gasteiger partial charge is 0.268 e. The van der Waals surface area contributed by atoms with E-state index in [1.54, 1.807) is 6.07 Å². The van der Waals surface area contributed by atoms with Gasteiger partial charge in [-0.2, -0.15) is 0 Å². The summed E-state index contributed by atoms with van der Waals surface area (Å²) in [6.07, 6.45) is 9.15. The molecule has 2 aliphatic carbocycles. The molecule has 1 heterocycles. The summed E-state index contributed by atoms with van der Waals surface area (Å²) in [5, 5.41) is 3.11. The Labute approximate surface area is 114 Å². The first-order chi connectivity index (χ1) is 9.13. The van der Waals surface area contributed by atoms with Crippen LogP contribution < -0.4 is 11.1 Å². The maximum atomic E-state index is 12.3. The van der Waals surface area contributed by atoms with Gasteiger partial charge < -0.3 is 15.6 Å². The lowest BCUT2D eigenvalue weighted by Gasteiger charge is -2.15. The third-order valence-electron chi connectivity index (χ3n) is 4.40. The van der Waals surface area contributed by atoms with Gasteiger partial charge in [-0.15, -0.1) is 0 Å². The molecule has 2 aliphatic rings. The minimum Gasteiger partial charge on any atom is -0.397 e. The monoisotopic (exact) mass is 261 g/mol. The molecular weight excluding hydrogens is 238 g/mol. The number of anilines is 1. The number of aromatic nitrogens is 1. The summed E-state index contributed by atoms with van der Waals surface area (Å²) in [7, 11) is 0. The number of rotatable bonds is 6. The van der Waals surface area contributed by atoms with Gasteiger partial charge in [-0.3, -0.25) is 4.79 Å². The lowest BCUT2D eigenvalue weighted by Crippen LogP contribution is -2.31. The Morgan fingerprint density at radius 2 is 2.26 bits per heavy atom. The molecule has 19 heavy (non-hydrogen) atoms. The molecule has 0 unspecified atom stereocenters. The Hall–Kier alpha value is -1.45. The largest absolute Gasteiger partial charge is 0.397 e. The maximum Gasteiger partial charge on any atom is 0.268 e. The van der Waals surface area contributed by atoms with Crippen molar-refractivity contribution in [2.45, 2.75) is 51.5 Å². The molecule has 0 bridgehead atoms. The van der Waals surface area contributed by atoms with Crippen molar-refractivity contribution in [3.63, 3.8) is 0 Å². The average molecular weight is 261 g/mol. The molecule has 2 saturated carbocycles. The molecule has 1 aromatic heterocycles. The zero-order valence-electron chi connectivity index (χ0n) is 11.6. The van der Waals surface area contributed by atoms with Gasteiger partial charge in [-0.05, 0) is 43.6 Å². The second-order valence-electron chi connectivity index (χ2n) is 6.23. The van der Waals surface area contributed by atoms with Crippen LogP contribution in [0.25, 0.3) is 0 Å². The fraction of sp³-hybridized carbons (Fsp3) is 0.667. The van der Waals surface area contributed by atoms with Crippen LogP contribution in [0.15, 0.2) is 12.3 Å². The van der Waals surface area contributed by atoms with E-state index in [4.69, 9.17) is 5.73 Å². The first kappa shape index (κ1) is 12.6. The van der Waals surface area contributed by atoms with Crippen LogP contribution in [0.2, 0.25) is 0 Å². The van der Waals surface area contributed by atoms with Crippen LogP contribution in [-0.4, -0.2) is 17.0 Å². The van der Waals surface area contributed by atoms with Crippen LogP contribution in [0.5, 0.6) is 0 Å².